The predicted octanol–water partition coefficient (Wildman–Crippen LogP) is 9.82. The van der Waals surface area contributed by atoms with Crippen LogP contribution in [-0.4, -0.2) is 43.2 Å². The zero-order chi connectivity index (χ0) is 37.7. The number of carbonyl (C=O) groups excluding carboxylic acids is 2. The second kappa shape index (κ2) is 17.4. The van der Waals surface area contributed by atoms with E-state index in [-0.39, 0.29) is 37.2 Å². The summed E-state index contributed by atoms with van der Waals surface area (Å²) in [5, 5.41) is 0. The average molecular weight is 713 g/mol. The highest BCUT2D eigenvalue weighted by Crippen LogP contribution is 2.37. The van der Waals surface area contributed by atoms with Gasteiger partial charge < -0.3 is 18.6 Å². The average Bonchev–Trinajstić information content (AvgIpc) is 3.60. The third-order valence-corrected chi connectivity index (χ3v) is 11.7. The summed E-state index contributed by atoms with van der Waals surface area (Å²) >= 11 is 0. The molecule has 2 saturated carbocycles. The van der Waals surface area contributed by atoms with Crippen LogP contribution in [0.15, 0.2) is 36.4 Å². The molecular formula is C44H64N4O4. The van der Waals surface area contributed by atoms with Crippen LogP contribution in [0.4, 0.5) is 0 Å². The van der Waals surface area contributed by atoms with E-state index in [4.69, 9.17) is 14.5 Å². The lowest BCUT2D eigenvalue weighted by atomic mass is 9.75. The van der Waals surface area contributed by atoms with Crippen LogP contribution in [0.5, 0.6) is 0 Å². The molecule has 0 unspecified atom stereocenters. The first-order valence-electron chi connectivity index (χ1n) is 20.1. The molecular weight excluding hydrogens is 649 g/mol. The number of benzene rings is 2. The third-order valence-electron chi connectivity index (χ3n) is 11.7. The summed E-state index contributed by atoms with van der Waals surface area (Å²) in [6, 6.07) is 12.4. The first kappa shape index (κ1) is 39.5. The maximum atomic E-state index is 12.8. The summed E-state index contributed by atoms with van der Waals surface area (Å²) in [6.07, 6.45) is 8.46. The van der Waals surface area contributed by atoms with Gasteiger partial charge in [0.25, 0.3) is 0 Å². The van der Waals surface area contributed by atoms with Gasteiger partial charge in [-0.3, -0.25) is 9.59 Å². The van der Waals surface area contributed by atoms with Gasteiger partial charge in [0.1, 0.15) is 36.9 Å². The van der Waals surface area contributed by atoms with Crippen molar-refractivity contribution in [3.63, 3.8) is 0 Å². The molecule has 6 atom stereocenters. The zero-order valence-corrected chi connectivity index (χ0v) is 33.6. The Morgan fingerprint density at radius 3 is 1.63 bits per heavy atom. The lowest BCUT2D eigenvalue weighted by molar-refractivity contribution is -0.157. The fourth-order valence-corrected chi connectivity index (χ4v) is 8.64. The van der Waals surface area contributed by atoms with E-state index in [2.05, 4.69) is 105 Å². The summed E-state index contributed by atoms with van der Waals surface area (Å²) in [7, 11) is 0. The summed E-state index contributed by atoms with van der Waals surface area (Å²) in [4.78, 5) is 34.9. The Morgan fingerprint density at radius 2 is 1.13 bits per heavy atom. The van der Waals surface area contributed by atoms with Gasteiger partial charge in [-0.05, 0) is 110 Å². The Balaban J connectivity index is 0.000000201. The molecule has 6 rings (SSSR count). The van der Waals surface area contributed by atoms with Crippen molar-refractivity contribution in [1.29, 1.82) is 0 Å². The van der Waals surface area contributed by atoms with Gasteiger partial charge in [0.05, 0.1) is 22.1 Å². The minimum absolute atomic E-state index is 0.0489. The van der Waals surface area contributed by atoms with Gasteiger partial charge in [-0.1, -0.05) is 80.4 Å². The molecule has 284 valence electrons. The van der Waals surface area contributed by atoms with Crippen molar-refractivity contribution in [1.82, 2.24) is 19.1 Å². The predicted molar refractivity (Wildman–Crippen MR) is 210 cm³/mol. The highest BCUT2D eigenvalue weighted by molar-refractivity contribution is 5.80. The van der Waals surface area contributed by atoms with E-state index in [9.17, 15) is 9.59 Å². The number of esters is 2. The molecule has 52 heavy (non-hydrogen) atoms. The number of aromatic nitrogens is 4. The van der Waals surface area contributed by atoms with E-state index < -0.39 is 0 Å². The molecule has 2 aromatic heterocycles. The van der Waals surface area contributed by atoms with Crippen LogP contribution in [0.25, 0.3) is 22.1 Å². The number of aryl methyl sites for hydroxylation is 4. The second-order valence-electron chi connectivity index (χ2n) is 16.6. The molecule has 2 heterocycles. The Bertz CT molecular complexity index is 1820. The highest BCUT2D eigenvalue weighted by Gasteiger charge is 2.35. The fraction of sp³-hybridized carbons (Fsp3) is 0.636. The molecule has 8 nitrogen and oxygen atoms in total. The Hall–Kier alpha value is -3.68. The molecule has 0 N–H and O–H groups in total. The Labute approximate surface area is 312 Å². The van der Waals surface area contributed by atoms with Gasteiger partial charge in [-0.15, -0.1) is 0 Å². The standard InChI is InChI=1S/2C22H32N2O2/c1-6-21-23-18-11-15(4)8-10-19(18)24(21)13-22(25)26-20-12-16(5)7-9-17(20)14(2)3;1-6-21-23-18-10-8-15(4)11-19(18)24(21)13-22(25)26-20-12-16(5)7-9-17(20)14(2)3/h2*8,10-11,14,16-17,20H,6-7,9,12-13H2,1-5H3/t2*16-,17+,20-/m11/s1. The highest BCUT2D eigenvalue weighted by atomic mass is 16.5. The van der Waals surface area contributed by atoms with Crippen LogP contribution in [0.3, 0.4) is 0 Å². The van der Waals surface area contributed by atoms with Gasteiger partial charge in [0.2, 0.25) is 0 Å². The van der Waals surface area contributed by atoms with E-state index in [0.29, 0.717) is 35.5 Å². The van der Waals surface area contributed by atoms with E-state index in [1.54, 1.807) is 0 Å². The van der Waals surface area contributed by atoms with Crippen LogP contribution in [0.1, 0.15) is 117 Å². The van der Waals surface area contributed by atoms with Crippen LogP contribution < -0.4 is 0 Å². The van der Waals surface area contributed by atoms with Gasteiger partial charge in [-0.2, -0.15) is 0 Å². The van der Waals surface area contributed by atoms with Gasteiger partial charge in [0.15, 0.2) is 0 Å². The van der Waals surface area contributed by atoms with E-state index in [1.165, 1.54) is 24.0 Å². The number of ether oxygens (including phenoxy) is 2. The van der Waals surface area contributed by atoms with Gasteiger partial charge in [-0.25, -0.2) is 9.97 Å². The maximum absolute atomic E-state index is 12.8. The Morgan fingerprint density at radius 1 is 0.673 bits per heavy atom. The van der Waals surface area contributed by atoms with Crippen LogP contribution in [0.2, 0.25) is 0 Å². The quantitative estimate of drug-likeness (QED) is 0.152. The smallest absolute Gasteiger partial charge is 0.326 e. The zero-order valence-electron chi connectivity index (χ0n) is 33.6. The topological polar surface area (TPSA) is 88.2 Å². The van der Waals surface area contributed by atoms with Crippen molar-refractivity contribution in [2.24, 2.45) is 35.5 Å². The molecule has 2 aliphatic rings. The third kappa shape index (κ3) is 9.45. The summed E-state index contributed by atoms with van der Waals surface area (Å²) in [6.45, 7) is 22.3. The van der Waals surface area contributed by atoms with Crippen molar-refractivity contribution < 1.29 is 19.1 Å². The van der Waals surface area contributed by atoms with Crippen molar-refractivity contribution >= 4 is 34.0 Å². The number of carbonyl (C=O) groups is 2. The first-order chi connectivity index (χ1) is 24.8. The molecule has 0 bridgehead atoms. The summed E-state index contributed by atoms with van der Waals surface area (Å²) in [5.41, 5.74) is 6.31. The lowest BCUT2D eigenvalue weighted by Crippen LogP contribution is -2.36. The number of imidazole rings is 2. The molecule has 0 spiro atoms. The van der Waals surface area contributed by atoms with Crippen molar-refractivity contribution in [2.75, 3.05) is 0 Å². The molecule has 0 aliphatic heterocycles. The number of fused-ring (bicyclic) bond motifs is 2. The SMILES string of the molecule is CCc1nc2cc(C)ccc2n1CC(=O)O[C@@H]1C[C@H](C)CC[C@H]1C(C)C.CCc1nc2ccc(C)cc2n1CC(=O)O[C@@H]1C[C@H](C)CC[C@H]1C(C)C. The molecule has 2 aliphatic carbocycles. The lowest BCUT2D eigenvalue weighted by Gasteiger charge is -2.36. The van der Waals surface area contributed by atoms with Crippen molar-refractivity contribution in [2.45, 2.75) is 146 Å². The molecule has 8 heteroatoms. The minimum Gasteiger partial charge on any atom is -0.461 e. The number of hydrogen-bond donors (Lipinski definition) is 0. The molecule has 4 aromatic rings. The van der Waals surface area contributed by atoms with Gasteiger partial charge in [0, 0.05) is 12.8 Å². The molecule has 2 fully saturated rings. The monoisotopic (exact) mass is 712 g/mol. The number of rotatable bonds is 10. The maximum Gasteiger partial charge on any atom is 0.326 e. The molecule has 2 aromatic carbocycles. The van der Waals surface area contributed by atoms with E-state index >= 15 is 0 Å². The summed E-state index contributed by atoms with van der Waals surface area (Å²) < 4.78 is 16.0. The van der Waals surface area contributed by atoms with Gasteiger partial charge >= 0.3 is 11.9 Å². The fourth-order valence-electron chi connectivity index (χ4n) is 8.64. The number of hydrogen-bond acceptors (Lipinski definition) is 6. The molecule has 0 amide bonds. The van der Waals surface area contributed by atoms with Crippen molar-refractivity contribution in [3.05, 3.63) is 59.2 Å². The molecule has 0 radical (unpaired) electrons. The van der Waals surface area contributed by atoms with Crippen LogP contribution in [0, 0.1) is 49.4 Å². The number of nitrogens with zero attached hydrogens (tertiary/aromatic N) is 4. The first-order valence-corrected chi connectivity index (χ1v) is 20.1. The summed E-state index contributed by atoms with van der Waals surface area (Å²) in [5.74, 6) is 4.92. The Kier molecular flexibility index (Phi) is 13.2. The van der Waals surface area contributed by atoms with E-state index in [0.717, 1.165) is 72.2 Å². The van der Waals surface area contributed by atoms with E-state index in [1.807, 2.05) is 15.2 Å². The second-order valence-corrected chi connectivity index (χ2v) is 16.6. The molecule has 0 saturated heterocycles. The van der Waals surface area contributed by atoms with Crippen LogP contribution >= 0.6 is 0 Å². The minimum atomic E-state index is -0.135. The largest absolute Gasteiger partial charge is 0.461 e. The van der Waals surface area contributed by atoms with Crippen LogP contribution in [-0.2, 0) is 45.0 Å². The van der Waals surface area contributed by atoms with Crippen molar-refractivity contribution in [3.8, 4) is 0 Å². The normalized spacial score (nSPS) is 23.5.